The zero-order chi connectivity index (χ0) is 13.5. The van der Waals surface area contributed by atoms with Crippen LogP contribution < -0.4 is 10.6 Å². The van der Waals surface area contributed by atoms with Crippen LogP contribution in [0.15, 0.2) is 0 Å². The molecule has 1 aliphatic rings. The maximum atomic E-state index is 12.1. The molecule has 1 amide bonds. The van der Waals surface area contributed by atoms with Gasteiger partial charge in [-0.05, 0) is 58.3 Å². The fraction of sp³-hybridized carbons (Fsp3) is 0.929. The van der Waals surface area contributed by atoms with Gasteiger partial charge in [0.15, 0.2) is 0 Å². The third kappa shape index (κ3) is 4.94. The normalized spacial score (nSPS) is 22.2. The molecular weight excluding hydrogens is 226 g/mol. The van der Waals surface area contributed by atoms with E-state index in [1.165, 1.54) is 12.8 Å². The van der Waals surface area contributed by atoms with Crippen LogP contribution in [-0.4, -0.2) is 50.6 Å². The minimum Gasteiger partial charge on any atom is -0.355 e. The predicted molar refractivity (Wildman–Crippen MR) is 75.5 cm³/mol. The van der Waals surface area contributed by atoms with E-state index in [2.05, 4.69) is 24.5 Å². The Morgan fingerprint density at radius 3 is 2.67 bits per heavy atom. The molecule has 2 atom stereocenters. The molecule has 0 aromatic carbocycles. The number of carbonyl (C=O) groups excluding carboxylic acids is 1. The largest absolute Gasteiger partial charge is 0.355 e. The Bertz CT molecular complexity index is 239. The van der Waals surface area contributed by atoms with Crippen LogP contribution in [0.3, 0.4) is 0 Å². The van der Waals surface area contributed by atoms with Gasteiger partial charge in [0, 0.05) is 6.54 Å². The summed E-state index contributed by atoms with van der Waals surface area (Å²) in [5.74, 6) is 1.24. The summed E-state index contributed by atoms with van der Waals surface area (Å²) in [5, 5.41) is 6.50. The molecule has 0 radical (unpaired) electrons. The molecule has 0 saturated carbocycles. The molecule has 0 spiro atoms. The highest BCUT2D eigenvalue weighted by molar-refractivity contribution is 5.81. The number of nitrogens with zero attached hydrogens (tertiary/aromatic N) is 1. The van der Waals surface area contributed by atoms with Crippen LogP contribution in [0.4, 0.5) is 0 Å². The van der Waals surface area contributed by atoms with E-state index in [4.69, 9.17) is 0 Å². The second-order valence-corrected chi connectivity index (χ2v) is 5.94. The van der Waals surface area contributed by atoms with Gasteiger partial charge in [-0.15, -0.1) is 0 Å². The predicted octanol–water partition coefficient (Wildman–Crippen LogP) is 1.08. The Hall–Kier alpha value is -0.610. The summed E-state index contributed by atoms with van der Waals surface area (Å²) < 4.78 is 0. The van der Waals surface area contributed by atoms with Crippen molar-refractivity contribution in [2.45, 2.75) is 39.2 Å². The topological polar surface area (TPSA) is 44.4 Å². The van der Waals surface area contributed by atoms with Gasteiger partial charge < -0.3 is 10.6 Å². The van der Waals surface area contributed by atoms with Gasteiger partial charge in [-0.3, -0.25) is 9.69 Å². The standard InChI is InChI=1S/C14H29N3O/c1-11(2)13(17(3)4)14(18)16-9-7-12-6-5-8-15-10-12/h11-13,15H,5-10H2,1-4H3,(H,16,18). The van der Waals surface area contributed by atoms with Crippen LogP contribution in [0.1, 0.15) is 33.1 Å². The molecule has 0 aromatic rings. The lowest BCUT2D eigenvalue weighted by Gasteiger charge is -2.27. The van der Waals surface area contributed by atoms with Crippen LogP contribution >= 0.6 is 0 Å². The van der Waals surface area contributed by atoms with Crippen molar-refractivity contribution >= 4 is 5.91 Å². The number of nitrogens with one attached hydrogen (secondary N) is 2. The van der Waals surface area contributed by atoms with Gasteiger partial charge in [-0.25, -0.2) is 0 Å². The highest BCUT2D eigenvalue weighted by Crippen LogP contribution is 2.13. The van der Waals surface area contributed by atoms with Gasteiger partial charge in [0.05, 0.1) is 6.04 Å². The van der Waals surface area contributed by atoms with Crippen LogP contribution in [0.25, 0.3) is 0 Å². The average Bonchev–Trinajstić information content (AvgIpc) is 2.29. The van der Waals surface area contributed by atoms with E-state index in [0.29, 0.717) is 5.92 Å². The SMILES string of the molecule is CC(C)C(C(=O)NCCC1CCCNC1)N(C)C. The van der Waals surface area contributed by atoms with Crippen LogP contribution in [0.5, 0.6) is 0 Å². The van der Waals surface area contributed by atoms with Crippen molar-refractivity contribution in [1.82, 2.24) is 15.5 Å². The molecule has 1 rings (SSSR count). The van der Waals surface area contributed by atoms with Crippen molar-refractivity contribution in [3.63, 3.8) is 0 Å². The Morgan fingerprint density at radius 1 is 1.44 bits per heavy atom. The fourth-order valence-electron chi connectivity index (χ4n) is 2.81. The molecule has 4 nitrogen and oxygen atoms in total. The van der Waals surface area contributed by atoms with E-state index in [1.807, 2.05) is 19.0 Å². The van der Waals surface area contributed by atoms with Gasteiger partial charge in [-0.1, -0.05) is 13.8 Å². The van der Waals surface area contributed by atoms with Crippen molar-refractivity contribution in [2.75, 3.05) is 33.7 Å². The second-order valence-electron chi connectivity index (χ2n) is 5.94. The van der Waals surface area contributed by atoms with Crippen molar-refractivity contribution in [1.29, 1.82) is 0 Å². The number of hydrogen-bond donors (Lipinski definition) is 2. The van der Waals surface area contributed by atoms with Gasteiger partial charge in [0.2, 0.25) is 5.91 Å². The smallest absolute Gasteiger partial charge is 0.237 e. The Labute approximate surface area is 111 Å². The Balaban J connectivity index is 2.26. The van der Waals surface area contributed by atoms with E-state index in [0.717, 1.165) is 32.0 Å². The highest BCUT2D eigenvalue weighted by atomic mass is 16.2. The summed E-state index contributed by atoms with van der Waals surface area (Å²) in [6, 6.07) is -0.0190. The number of amides is 1. The molecule has 1 saturated heterocycles. The van der Waals surface area contributed by atoms with Crippen molar-refractivity contribution < 1.29 is 4.79 Å². The Morgan fingerprint density at radius 2 is 2.17 bits per heavy atom. The van der Waals surface area contributed by atoms with Gasteiger partial charge >= 0.3 is 0 Å². The zero-order valence-electron chi connectivity index (χ0n) is 12.3. The second kappa shape index (κ2) is 7.74. The van der Waals surface area contributed by atoms with Crippen molar-refractivity contribution in [3.8, 4) is 0 Å². The molecule has 0 aromatic heterocycles. The first-order chi connectivity index (χ1) is 8.52. The molecule has 2 unspecified atom stereocenters. The molecule has 0 aliphatic carbocycles. The minimum absolute atomic E-state index is 0.0190. The summed E-state index contributed by atoms with van der Waals surface area (Å²) in [6.45, 7) is 7.25. The quantitative estimate of drug-likeness (QED) is 0.746. The third-order valence-corrected chi connectivity index (χ3v) is 3.71. The van der Waals surface area contributed by atoms with E-state index >= 15 is 0 Å². The number of piperidine rings is 1. The molecule has 0 bridgehead atoms. The first kappa shape index (κ1) is 15.4. The van der Waals surface area contributed by atoms with E-state index in [1.54, 1.807) is 0 Å². The molecule has 106 valence electrons. The molecule has 1 fully saturated rings. The van der Waals surface area contributed by atoms with E-state index in [9.17, 15) is 4.79 Å². The third-order valence-electron chi connectivity index (χ3n) is 3.71. The van der Waals surface area contributed by atoms with Crippen LogP contribution in [0.2, 0.25) is 0 Å². The lowest BCUT2D eigenvalue weighted by molar-refractivity contribution is -0.127. The maximum Gasteiger partial charge on any atom is 0.237 e. The number of hydrogen-bond acceptors (Lipinski definition) is 3. The summed E-state index contributed by atoms with van der Waals surface area (Å²) >= 11 is 0. The summed E-state index contributed by atoms with van der Waals surface area (Å²) in [5.41, 5.74) is 0. The minimum atomic E-state index is -0.0190. The number of likely N-dealkylation sites (N-methyl/N-ethyl adjacent to an activating group) is 1. The summed E-state index contributed by atoms with van der Waals surface area (Å²) in [7, 11) is 3.94. The molecule has 2 N–H and O–H groups in total. The number of carbonyl (C=O) groups is 1. The molecule has 4 heteroatoms. The summed E-state index contributed by atoms with van der Waals surface area (Å²) in [4.78, 5) is 14.1. The lowest BCUT2D eigenvalue weighted by Crippen LogP contribution is -2.47. The van der Waals surface area contributed by atoms with Crippen molar-refractivity contribution in [3.05, 3.63) is 0 Å². The molecule has 1 aliphatic heterocycles. The molecule has 1 heterocycles. The number of rotatable bonds is 6. The van der Waals surface area contributed by atoms with E-state index < -0.39 is 0 Å². The lowest BCUT2D eigenvalue weighted by atomic mass is 9.96. The van der Waals surface area contributed by atoms with Crippen LogP contribution in [0, 0.1) is 11.8 Å². The van der Waals surface area contributed by atoms with Crippen molar-refractivity contribution in [2.24, 2.45) is 11.8 Å². The molecule has 18 heavy (non-hydrogen) atoms. The fourth-order valence-corrected chi connectivity index (χ4v) is 2.81. The highest BCUT2D eigenvalue weighted by Gasteiger charge is 2.24. The van der Waals surface area contributed by atoms with E-state index in [-0.39, 0.29) is 11.9 Å². The first-order valence-electron chi connectivity index (χ1n) is 7.17. The van der Waals surface area contributed by atoms with Gasteiger partial charge in [0.1, 0.15) is 0 Å². The molecular formula is C14H29N3O. The maximum absolute atomic E-state index is 12.1. The van der Waals surface area contributed by atoms with Crippen LogP contribution in [-0.2, 0) is 4.79 Å². The summed E-state index contributed by atoms with van der Waals surface area (Å²) in [6.07, 6.45) is 3.66. The zero-order valence-corrected chi connectivity index (χ0v) is 12.3. The monoisotopic (exact) mass is 255 g/mol. The Kier molecular flexibility index (Phi) is 6.65. The first-order valence-corrected chi connectivity index (χ1v) is 7.17. The van der Waals surface area contributed by atoms with Gasteiger partial charge in [0.25, 0.3) is 0 Å². The van der Waals surface area contributed by atoms with Gasteiger partial charge in [-0.2, -0.15) is 0 Å². The average molecular weight is 255 g/mol.